The highest BCUT2D eigenvalue weighted by molar-refractivity contribution is 5.89. The minimum absolute atomic E-state index is 0.0959. The Balaban J connectivity index is 1.32. The van der Waals surface area contributed by atoms with Crippen LogP contribution in [0.5, 0.6) is 5.88 Å². The third kappa shape index (κ3) is 2.66. The lowest BCUT2D eigenvalue weighted by molar-refractivity contribution is -0.162. The van der Waals surface area contributed by atoms with E-state index < -0.39 is 35.3 Å². The summed E-state index contributed by atoms with van der Waals surface area (Å²) in [5.74, 6) is -2.20. The molecule has 0 bridgehead atoms. The number of ether oxygens (including phenoxy) is 2. The first-order chi connectivity index (χ1) is 13.4. The van der Waals surface area contributed by atoms with Crippen LogP contribution in [0.15, 0.2) is 36.5 Å². The Kier molecular flexibility index (Phi) is 3.87. The maximum Gasteiger partial charge on any atom is 0.257 e. The predicted octanol–water partition coefficient (Wildman–Crippen LogP) is 3.50. The van der Waals surface area contributed by atoms with Gasteiger partial charge >= 0.3 is 0 Å². The molecular weight excluding hydrogens is 373 g/mol. The van der Waals surface area contributed by atoms with E-state index in [1.54, 1.807) is 4.90 Å². The van der Waals surface area contributed by atoms with Crippen LogP contribution in [0.2, 0.25) is 0 Å². The van der Waals surface area contributed by atoms with Crippen molar-refractivity contribution in [1.82, 2.24) is 9.88 Å². The van der Waals surface area contributed by atoms with Crippen LogP contribution in [0, 0.1) is 17.5 Å². The quantitative estimate of drug-likeness (QED) is 0.805. The van der Waals surface area contributed by atoms with Crippen molar-refractivity contribution in [2.24, 2.45) is 0 Å². The number of rotatable bonds is 3. The minimum atomic E-state index is -1.01. The van der Waals surface area contributed by atoms with Crippen molar-refractivity contribution in [3.63, 3.8) is 0 Å². The molecular formula is C20H17F3N2O3. The van der Waals surface area contributed by atoms with Crippen LogP contribution in [0.1, 0.15) is 37.3 Å². The zero-order valence-electron chi connectivity index (χ0n) is 14.8. The molecule has 8 heteroatoms. The number of nitrogens with zero attached hydrogens (tertiary/aromatic N) is 2. The molecule has 1 spiro atoms. The van der Waals surface area contributed by atoms with Gasteiger partial charge in [0.15, 0.2) is 11.4 Å². The van der Waals surface area contributed by atoms with E-state index in [-0.39, 0.29) is 17.9 Å². The molecule has 1 aromatic heterocycles. The Morgan fingerprint density at radius 1 is 1.14 bits per heavy atom. The number of carbonyl (C=O) groups is 1. The van der Waals surface area contributed by atoms with Crippen molar-refractivity contribution in [3.05, 3.63) is 59.5 Å². The first-order valence-electron chi connectivity index (χ1n) is 9.19. The molecule has 1 saturated carbocycles. The highest BCUT2D eigenvalue weighted by Gasteiger charge is 2.63. The molecule has 5 rings (SSSR count). The molecule has 0 N–H and O–H groups in total. The molecule has 3 fully saturated rings. The van der Waals surface area contributed by atoms with Gasteiger partial charge in [0.05, 0.1) is 6.04 Å². The van der Waals surface area contributed by atoms with E-state index in [4.69, 9.17) is 9.47 Å². The highest BCUT2D eigenvalue weighted by atomic mass is 19.1. The smallest absolute Gasteiger partial charge is 0.257 e. The number of hydrogen-bond donors (Lipinski definition) is 0. The lowest BCUT2D eigenvalue weighted by atomic mass is 9.76. The van der Waals surface area contributed by atoms with Gasteiger partial charge in [-0.3, -0.25) is 4.79 Å². The van der Waals surface area contributed by atoms with Crippen LogP contribution < -0.4 is 4.74 Å². The monoisotopic (exact) mass is 390 g/mol. The lowest BCUT2D eigenvalue weighted by Crippen LogP contribution is -2.56. The second-order valence-electron chi connectivity index (χ2n) is 7.51. The number of benzene rings is 1. The van der Waals surface area contributed by atoms with Crippen LogP contribution in [0.4, 0.5) is 13.2 Å². The van der Waals surface area contributed by atoms with Gasteiger partial charge in [-0.15, -0.1) is 0 Å². The van der Waals surface area contributed by atoms with Crippen LogP contribution >= 0.6 is 0 Å². The SMILES string of the molecule is O=C1N2[C@@H](CC[C@H]2c2cc(F)cc(F)c2)OC12CC(Oc1ncccc1F)C2. The van der Waals surface area contributed by atoms with Gasteiger partial charge in [0.2, 0.25) is 0 Å². The molecule has 2 aliphatic heterocycles. The molecule has 0 radical (unpaired) electrons. The number of hydrogen-bond acceptors (Lipinski definition) is 4. The number of fused-ring (bicyclic) bond motifs is 1. The van der Waals surface area contributed by atoms with Gasteiger partial charge in [0.1, 0.15) is 24.0 Å². The van der Waals surface area contributed by atoms with Gasteiger partial charge in [-0.1, -0.05) is 0 Å². The number of carbonyl (C=O) groups excluding carboxylic acids is 1. The van der Waals surface area contributed by atoms with Gasteiger partial charge in [-0.05, 0) is 42.7 Å². The molecule has 0 unspecified atom stereocenters. The van der Waals surface area contributed by atoms with Crippen molar-refractivity contribution in [2.45, 2.75) is 49.7 Å². The fraction of sp³-hybridized carbons (Fsp3) is 0.400. The van der Waals surface area contributed by atoms with Crippen molar-refractivity contribution in [2.75, 3.05) is 0 Å². The number of halogens is 3. The molecule has 2 saturated heterocycles. The van der Waals surface area contributed by atoms with Crippen molar-refractivity contribution in [1.29, 1.82) is 0 Å². The molecule has 1 amide bonds. The number of pyridine rings is 1. The molecule has 1 aromatic carbocycles. The van der Waals surface area contributed by atoms with E-state index in [1.807, 2.05) is 0 Å². The number of aromatic nitrogens is 1. The van der Waals surface area contributed by atoms with Gasteiger partial charge in [-0.2, -0.15) is 0 Å². The van der Waals surface area contributed by atoms with E-state index >= 15 is 0 Å². The molecule has 146 valence electrons. The van der Waals surface area contributed by atoms with Crippen molar-refractivity contribution in [3.8, 4) is 5.88 Å². The van der Waals surface area contributed by atoms with Gasteiger partial charge in [0.25, 0.3) is 11.8 Å². The molecule has 28 heavy (non-hydrogen) atoms. The summed E-state index contributed by atoms with van der Waals surface area (Å²) in [7, 11) is 0. The van der Waals surface area contributed by atoms with Crippen molar-refractivity contribution < 1.29 is 27.4 Å². The Hall–Kier alpha value is -2.61. The largest absolute Gasteiger partial charge is 0.472 e. The van der Waals surface area contributed by atoms with Gasteiger partial charge < -0.3 is 14.4 Å². The highest BCUT2D eigenvalue weighted by Crippen LogP contribution is 2.52. The fourth-order valence-corrected chi connectivity index (χ4v) is 4.45. The first-order valence-corrected chi connectivity index (χ1v) is 9.19. The molecule has 5 nitrogen and oxygen atoms in total. The van der Waals surface area contributed by atoms with E-state index in [2.05, 4.69) is 4.98 Å². The summed E-state index contributed by atoms with van der Waals surface area (Å²) < 4.78 is 52.5. The summed E-state index contributed by atoms with van der Waals surface area (Å²) in [4.78, 5) is 18.5. The van der Waals surface area contributed by atoms with Crippen LogP contribution in [0.25, 0.3) is 0 Å². The Morgan fingerprint density at radius 2 is 1.89 bits per heavy atom. The Labute approximate surface area is 159 Å². The van der Waals surface area contributed by atoms with E-state index in [9.17, 15) is 18.0 Å². The molecule has 3 heterocycles. The third-order valence-electron chi connectivity index (χ3n) is 5.71. The van der Waals surface area contributed by atoms with Crippen LogP contribution in [-0.4, -0.2) is 33.7 Å². The summed E-state index contributed by atoms with van der Waals surface area (Å²) in [5.41, 5.74) is -0.581. The fourth-order valence-electron chi connectivity index (χ4n) is 4.45. The topological polar surface area (TPSA) is 51.7 Å². The standard InChI is InChI=1S/C20H17F3N2O3/c21-12-6-11(7-13(22)8-12)16-3-4-17-25(16)19(26)20(28-17)9-14(10-20)27-18-15(23)2-1-5-24-18/h1-2,5-8,14,16-17H,3-4,9-10H2/t14?,16-,17+,20?/m0/s1. The van der Waals surface area contributed by atoms with Gasteiger partial charge in [0, 0.05) is 25.1 Å². The zero-order chi connectivity index (χ0) is 19.5. The van der Waals surface area contributed by atoms with Crippen LogP contribution in [0.3, 0.4) is 0 Å². The summed E-state index contributed by atoms with van der Waals surface area (Å²) in [6, 6.07) is 5.63. The molecule has 1 aliphatic carbocycles. The normalized spacial score (nSPS) is 31.2. The summed E-state index contributed by atoms with van der Waals surface area (Å²) in [6.45, 7) is 0. The zero-order valence-corrected chi connectivity index (χ0v) is 14.8. The summed E-state index contributed by atoms with van der Waals surface area (Å²) >= 11 is 0. The van der Waals surface area contributed by atoms with Crippen LogP contribution in [-0.2, 0) is 9.53 Å². The molecule has 2 atom stereocenters. The maximum atomic E-state index is 13.7. The average Bonchev–Trinajstić information content (AvgIpc) is 3.14. The first kappa shape index (κ1) is 17.5. The Morgan fingerprint density at radius 3 is 2.61 bits per heavy atom. The minimum Gasteiger partial charge on any atom is -0.472 e. The second kappa shape index (κ2) is 6.20. The Bertz CT molecular complexity index is 928. The second-order valence-corrected chi connectivity index (χ2v) is 7.51. The van der Waals surface area contributed by atoms with E-state index in [0.29, 0.717) is 31.2 Å². The van der Waals surface area contributed by atoms with Gasteiger partial charge in [-0.25, -0.2) is 18.2 Å². The maximum absolute atomic E-state index is 13.7. The summed E-state index contributed by atoms with van der Waals surface area (Å²) in [6.07, 6.45) is 2.39. The molecule has 3 aliphatic rings. The van der Waals surface area contributed by atoms with Crippen molar-refractivity contribution >= 4 is 5.91 Å². The summed E-state index contributed by atoms with van der Waals surface area (Å²) in [5, 5.41) is 0. The molecule has 2 aromatic rings. The van der Waals surface area contributed by atoms with E-state index in [0.717, 1.165) is 6.07 Å². The van der Waals surface area contributed by atoms with E-state index in [1.165, 1.54) is 30.5 Å². The predicted molar refractivity (Wildman–Crippen MR) is 90.6 cm³/mol. The third-order valence-corrected chi connectivity index (χ3v) is 5.71. The number of amides is 1. The average molecular weight is 390 g/mol. The lowest BCUT2D eigenvalue weighted by Gasteiger charge is -2.42.